The van der Waals surface area contributed by atoms with Crippen molar-refractivity contribution in [1.29, 1.82) is 0 Å². The van der Waals surface area contributed by atoms with Gasteiger partial charge in [0.25, 0.3) is 0 Å². The van der Waals surface area contributed by atoms with Crippen molar-refractivity contribution in [2.75, 3.05) is 16.9 Å². The molecular weight excluding hydrogens is 375 g/mol. The van der Waals surface area contributed by atoms with Crippen LogP contribution in [0, 0.1) is 19.8 Å². The molecule has 1 aromatic carbocycles. The molecule has 1 aliphatic rings. The lowest BCUT2D eigenvalue weighted by molar-refractivity contribution is -0.137. The van der Waals surface area contributed by atoms with Gasteiger partial charge in [-0.05, 0) is 38.1 Å². The Balaban J connectivity index is 1.66. The fraction of sp³-hybridized carbons (Fsp3) is 0.333. The normalized spacial score (nSPS) is 17.0. The minimum atomic E-state index is -4.51. The number of nitrogens with one attached hydrogen (secondary N) is 2. The number of amides is 2. The first-order chi connectivity index (χ1) is 13.1. The highest BCUT2D eigenvalue weighted by Crippen LogP contribution is 2.33. The number of anilines is 2. The van der Waals surface area contributed by atoms with Gasteiger partial charge in [-0.3, -0.25) is 20.4 Å². The van der Waals surface area contributed by atoms with Crippen LogP contribution >= 0.6 is 0 Å². The van der Waals surface area contributed by atoms with E-state index < -0.39 is 29.5 Å². The smallest absolute Gasteiger partial charge is 0.312 e. The minimum absolute atomic E-state index is 0.0125. The largest absolute Gasteiger partial charge is 0.416 e. The lowest BCUT2D eigenvalue weighted by Crippen LogP contribution is -2.37. The maximum atomic E-state index is 12.9. The van der Waals surface area contributed by atoms with Gasteiger partial charge in [-0.1, -0.05) is 6.07 Å². The van der Waals surface area contributed by atoms with Gasteiger partial charge in [0, 0.05) is 30.0 Å². The van der Waals surface area contributed by atoms with Gasteiger partial charge in [-0.25, -0.2) is 9.97 Å². The molecular formula is C18H18F3N5O2. The van der Waals surface area contributed by atoms with E-state index in [1.807, 2.05) is 0 Å². The molecule has 148 valence electrons. The molecule has 2 amide bonds. The summed E-state index contributed by atoms with van der Waals surface area (Å²) in [6.07, 6.45) is -4.61. The van der Waals surface area contributed by atoms with Crippen molar-refractivity contribution in [2.24, 2.45) is 5.92 Å². The average Bonchev–Trinajstić information content (AvgIpc) is 3.00. The van der Waals surface area contributed by atoms with E-state index in [-0.39, 0.29) is 24.6 Å². The van der Waals surface area contributed by atoms with Gasteiger partial charge in [-0.2, -0.15) is 13.2 Å². The summed E-state index contributed by atoms with van der Waals surface area (Å²) in [5.74, 6) is -1.38. The predicted octanol–water partition coefficient (Wildman–Crippen LogP) is 2.61. The Morgan fingerprint density at radius 1 is 1.18 bits per heavy atom. The van der Waals surface area contributed by atoms with Crippen LogP contribution < -0.4 is 15.8 Å². The number of hydrazine groups is 1. The summed E-state index contributed by atoms with van der Waals surface area (Å²) in [5, 5.41) is 0. The molecule has 1 aromatic heterocycles. The lowest BCUT2D eigenvalue weighted by Gasteiger charge is -2.18. The summed E-state index contributed by atoms with van der Waals surface area (Å²) in [6, 6.07) is 6.25. The molecule has 1 atom stereocenters. The van der Waals surface area contributed by atoms with Crippen LogP contribution in [0.1, 0.15) is 23.4 Å². The fourth-order valence-electron chi connectivity index (χ4n) is 2.98. The SMILES string of the molecule is Cc1cc(C)nc(NNC(=O)[C@@H]2CC(=O)N(c3cccc(C(F)(F)F)c3)C2)n1. The van der Waals surface area contributed by atoms with Crippen LogP contribution in [0.4, 0.5) is 24.8 Å². The summed E-state index contributed by atoms with van der Waals surface area (Å²) in [7, 11) is 0. The molecule has 7 nitrogen and oxygen atoms in total. The Morgan fingerprint density at radius 3 is 2.50 bits per heavy atom. The van der Waals surface area contributed by atoms with Crippen molar-refractivity contribution in [3.8, 4) is 0 Å². The molecule has 1 saturated heterocycles. The molecule has 0 aliphatic carbocycles. The van der Waals surface area contributed by atoms with Gasteiger partial charge in [-0.15, -0.1) is 0 Å². The van der Waals surface area contributed by atoms with E-state index in [4.69, 9.17) is 0 Å². The first-order valence-corrected chi connectivity index (χ1v) is 8.49. The molecule has 0 bridgehead atoms. The van der Waals surface area contributed by atoms with Gasteiger partial charge in [0.2, 0.25) is 17.8 Å². The zero-order valence-corrected chi connectivity index (χ0v) is 15.2. The third kappa shape index (κ3) is 4.38. The van der Waals surface area contributed by atoms with Crippen molar-refractivity contribution in [3.63, 3.8) is 0 Å². The van der Waals surface area contributed by atoms with Crippen LogP contribution in [-0.4, -0.2) is 28.3 Å². The predicted molar refractivity (Wildman–Crippen MR) is 95.2 cm³/mol. The van der Waals surface area contributed by atoms with E-state index in [1.165, 1.54) is 17.0 Å². The van der Waals surface area contributed by atoms with E-state index in [9.17, 15) is 22.8 Å². The molecule has 2 N–H and O–H groups in total. The number of aryl methyl sites for hydroxylation is 2. The van der Waals surface area contributed by atoms with E-state index in [0.717, 1.165) is 23.5 Å². The number of rotatable bonds is 4. The molecule has 10 heteroatoms. The number of hydrogen-bond donors (Lipinski definition) is 2. The Hall–Kier alpha value is -3.17. The molecule has 0 radical (unpaired) electrons. The second-order valence-corrected chi connectivity index (χ2v) is 6.54. The summed E-state index contributed by atoms with van der Waals surface area (Å²) in [5.41, 5.74) is 5.75. The number of alkyl halides is 3. The third-order valence-electron chi connectivity index (χ3n) is 4.26. The van der Waals surface area contributed by atoms with Crippen LogP contribution in [0.3, 0.4) is 0 Å². The number of hydrogen-bond acceptors (Lipinski definition) is 5. The minimum Gasteiger partial charge on any atom is -0.312 e. The van der Waals surface area contributed by atoms with Crippen LogP contribution in [0.2, 0.25) is 0 Å². The average molecular weight is 393 g/mol. The monoisotopic (exact) mass is 393 g/mol. The Bertz CT molecular complexity index is 896. The molecule has 28 heavy (non-hydrogen) atoms. The standard InChI is InChI=1S/C18H18F3N5O2/c1-10-6-11(2)23-17(22-10)25-24-16(28)12-7-15(27)26(9-12)14-5-3-4-13(8-14)18(19,20)21/h3-6,8,12H,7,9H2,1-2H3,(H,24,28)(H,22,23,25)/t12-/m1/s1. The van der Waals surface area contributed by atoms with E-state index in [1.54, 1.807) is 19.9 Å². The molecule has 2 heterocycles. The number of benzene rings is 1. The quantitative estimate of drug-likeness (QED) is 0.780. The highest BCUT2D eigenvalue weighted by Gasteiger charge is 2.37. The summed E-state index contributed by atoms with van der Waals surface area (Å²) < 4.78 is 38.7. The fourth-order valence-corrected chi connectivity index (χ4v) is 2.98. The summed E-state index contributed by atoms with van der Waals surface area (Å²) in [6.45, 7) is 3.55. The zero-order valence-electron chi connectivity index (χ0n) is 15.2. The van der Waals surface area contributed by atoms with Crippen LogP contribution in [0.25, 0.3) is 0 Å². The summed E-state index contributed by atoms with van der Waals surface area (Å²) in [4.78, 5) is 34.0. The maximum Gasteiger partial charge on any atom is 0.416 e. The number of carbonyl (C=O) groups is 2. The Kier molecular flexibility index (Phi) is 5.21. The third-order valence-corrected chi connectivity index (χ3v) is 4.26. The van der Waals surface area contributed by atoms with Gasteiger partial charge in [0.1, 0.15) is 0 Å². The molecule has 0 spiro atoms. The molecule has 0 unspecified atom stereocenters. The second-order valence-electron chi connectivity index (χ2n) is 6.54. The van der Waals surface area contributed by atoms with E-state index >= 15 is 0 Å². The van der Waals surface area contributed by atoms with Crippen molar-refractivity contribution in [1.82, 2.24) is 15.4 Å². The van der Waals surface area contributed by atoms with Crippen LogP contribution in [0.15, 0.2) is 30.3 Å². The van der Waals surface area contributed by atoms with Gasteiger partial charge >= 0.3 is 6.18 Å². The van der Waals surface area contributed by atoms with Gasteiger partial charge < -0.3 is 4.90 Å². The molecule has 0 saturated carbocycles. The van der Waals surface area contributed by atoms with E-state index in [0.29, 0.717) is 0 Å². The number of aromatic nitrogens is 2. The number of nitrogens with zero attached hydrogens (tertiary/aromatic N) is 3. The first kappa shape index (κ1) is 19.6. The topological polar surface area (TPSA) is 87.2 Å². The van der Waals surface area contributed by atoms with Gasteiger partial charge in [0.15, 0.2) is 0 Å². The first-order valence-electron chi connectivity index (χ1n) is 8.49. The second kappa shape index (κ2) is 7.45. The molecule has 2 aromatic rings. The number of carbonyl (C=O) groups excluding carboxylic acids is 2. The summed E-state index contributed by atoms with van der Waals surface area (Å²) >= 11 is 0. The number of halogens is 3. The van der Waals surface area contributed by atoms with E-state index in [2.05, 4.69) is 20.8 Å². The van der Waals surface area contributed by atoms with Crippen molar-refractivity contribution < 1.29 is 22.8 Å². The van der Waals surface area contributed by atoms with Crippen molar-refractivity contribution >= 4 is 23.5 Å². The lowest BCUT2D eigenvalue weighted by atomic mass is 10.1. The maximum absolute atomic E-state index is 12.9. The molecule has 3 rings (SSSR count). The van der Waals surface area contributed by atoms with Crippen LogP contribution in [-0.2, 0) is 15.8 Å². The van der Waals surface area contributed by atoms with Crippen LogP contribution in [0.5, 0.6) is 0 Å². The molecule has 1 fully saturated rings. The Morgan fingerprint density at radius 2 is 1.86 bits per heavy atom. The van der Waals surface area contributed by atoms with Crippen molar-refractivity contribution in [2.45, 2.75) is 26.4 Å². The highest BCUT2D eigenvalue weighted by atomic mass is 19.4. The molecule has 1 aliphatic heterocycles. The Labute approximate surface area is 158 Å². The van der Waals surface area contributed by atoms with Gasteiger partial charge in [0.05, 0.1) is 11.5 Å². The zero-order chi connectivity index (χ0) is 20.5. The van der Waals surface area contributed by atoms with Crippen molar-refractivity contribution in [3.05, 3.63) is 47.3 Å². The highest BCUT2D eigenvalue weighted by molar-refractivity contribution is 6.00.